The highest BCUT2D eigenvalue weighted by Gasteiger charge is 2.48. The first-order valence-electron chi connectivity index (χ1n) is 15.7. The summed E-state index contributed by atoms with van der Waals surface area (Å²) >= 11 is 0. The topological polar surface area (TPSA) is 95.5 Å². The summed E-state index contributed by atoms with van der Waals surface area (Å²) in [6.45, 7) is 6.06. The van der Waals surface area contributed by atoms with Crippen molar-refractivity contribution in [3.8, 4) is 5.75 Å². The van der Waals surface area contributed by atoms with Gasteiger partial charge in [0, 0.05) is 57.5 Å². The van der Waals surface area contributed by atoms with Gasteiger partial charge in [0.15, 0.2) is 12.0 Å². The van der Waals surface area contributed by atoms with Gasteiger partial charge in [-0.3, -0.25) is 19.4 Å². The molecule has 0 radical (unpaired) electrons. The van der Waals surface area contributed by atoms with Gasteiger partial charge in [0.25, 0.3) is 5.91 Å². The third kappa shape index (κ3) is 7.89. The Bertz CT molecular complexity index is 1130. The van der Waals surface area contributed by atoms with E-state index in [-0.39, 0.29) is 12.1 Å². The van der Waals surface area contributed by atoms with Crippen molar-refractivity contribution in [2.75, 3.05) is 26.7 Å². The minimum Gasteiger partial charge on any atom is -0.497 e. The van der Waals surface area contributed by atoms with Crippen LogP contribution in [0.15, 0.2) is 48.5 Å². The molecule has 1 atom stereocenters. The van der Waals surface area contributed by atoms with Gasteiger partial charge in [0.1, 0.15) is 5.75 Å². The number of hydrogen-bond acceptors (Lipinski definition) is 8. The Labute approximate surface area is 250 Å². The van der Waals surface area contributed by atoms with Gasteiger partial charge < -0.3 is 15.2 Å². The molecule has 0 aromatic heterocycles. The van der Waals surface area contributed by atoms with E-state index in [9.17, 15) is 9.90 Å². The van der Waals surface area contributed by atoms with Crippen molar-refractivity contribution < 1.29 is 24.3 Å². The molecule has 3 fully saturated rings. The molecule has 1 spiro atoms. The van der Waals surface area contributed by atoms with Gasteiger partial charge in [0.2, 0.25) is 0 Å². The summed E-state index contributed by atoms with van der Waals surface area (Å²) in [5, 5.41) is 16.1. The number of hydroxylamine groups is 3. The average molecular weight is 581 g/mol. The van der Waals surface area contributed by atoms with Gasteiger partial charge in [-0.15, -0.1) is 0 Å². The number of methoxy groups -OCH3 is 1. The fraction of sp³-hybridized carbons (Fsp3) is 0.606. The lowest BCUT2D eigenvalue weighted by molar-refractivity contribution is -0.423. The van der Waals surface area contributed by atoms with Crippen molar-refractivity contribution in [1.29, 1.82) is 0 Å². The Hall–Kier alpha value is -2.53. The van der Waals surface area contributed by atoms with Crippen molar-refractivity contribution in [2.24, 2.45) is 0 Å². The van der Waals surface area contributed by atoms with Crippen molar-refractivity contribution in [3.05, 3.63) is 65.2 Å². The number of hydrogen-bond donors (Lipinski definition) is 3. The second kappa shape index (κ2) is 14.3. The summed E-state index contributed by atoms with van der Waals surface area (Å²) in [4.78, 5) is 28.0. The van der Waals surface area contributed by atoms with Crippen LogP contribution in [0.4, 0.5) is 0 Å². The summed E-state index contributed by atoms with van der Waals surface area (Å²) in [5.74, 6) is 0.717. The van der Waals surface area contributed by atoms with Crippen LogP contribution in [-0.4, -0.2) is 65.3 Å². The van der Waals surface area contributed by atoms with Crippen LogP contribution in [0.1, 0.15) is 92.6 Å². The number of ether oxygens (including phenoxy) is 1. The predicted molar refractivity (Wildman–Crippen MR) is 161 cm³/mol. The molecule has 2 saturated heterocycles. The number of rotatable bonds is 11. The van der Waals surface area contributed by atoms with Gasteiger partial charge in [-0.25, -0.2) is 0 Å². The Morgan fingerprint density at radius 1 is 1.02 bits per heavy atom. The molecule has 2 aromatic carbocycles. The maximum absolute atomic E-state index is 12.7. The van der Waals surface area contributed by atoms with Crippen molar-refractivity contribution in [2.45, 2.75) is 102 Å². The highest BCUT2D eigenvalue weighted by molar-refractivity contribution is 5.94. The number of piperidine rings is 1. The maximum atomic E-state index is 12.7. The monoisotopic (exact) mass is 580 g/mol. The molecule has 5 rings (SSSR count). The summed E-state index contributed by atoms with van der Waals surface area (Å²) in [5.41, 5.74) is 4.87. The summed E-state index contributed by atoms with van der Waals surface area (Å²) in [7, 11) is 1.64. The third-order valence-electron chi connectivity index (χ3n) is 9.03. The molecule has 9 heteroatoms. The van der Waals surface area contributed by atoms with E-state index in [0.717, 1.165) is 88.9 Å². The number of unbranched alkanes of at least 4 members (excludes halogenated alkanes) is 1. The average Bonchev–Trinajstić information content (AvgIpc) is 3.02. The molecule has 2 aliphatic heterocycles. The van der Waals surface area contributed by atoms with E-state index >= 15 is 0 Å². The molecule has 230 valence electrons. The molecule has 2 heterocycles. The number of nitrogens with one attached hydrogen (secondary N) is 2. The number of benzene rings is 2. The van der Waals surface area contributed by atoms with Gasteiger partial charge in [0.05, 0.1) is 12.7 Å². The van der Waals surface area contributed by atoms with E-state index in [1.807, 2.05) is 48.5 Å². The molecule has 0 bridgehead atoms. The lowest BCUT2D eigenvalue weighted by atomic mass is 9.82. The number of carbonyl (C=O) groups excluding carboxylic acids is 1. The first-order chi connectivity index (χ1) is 20.4. The molecule has 0 unspecified atom stereocenters. The molecular weight excluding hydrogens is 532 g/mol. The van der Waals surface area contributed by atoms with Gasteiger partial charge >= 0.3 is 0 Å². The lowest BCUT2D eigenvalue weighted by Gasteiger charge is -2.52. The minimum absolute atomic E-state index is 0.0830. The first-order valence-corrected chi connectivity index (χ1v) is 15.7. The van der Waals surface area contributed by atoms with Gasteiger partial charge in [-0.1, -0.05) is 56.9 Å². The molecule has 3 N–H and O–H groups in total. The third-order valence-corrected chi connectivity index (χ3v) is 9.03. The second-order valence-corrected chi connectivity index (χ2v) is 12.2. The standard InChI is InChI=1S/C33H48N4O5/c1-3-4-20-37-33(42-35-30(41-37)23-32(39)16-6-5-7-17-32)18-21-36(22-19-33)25-27-8-12-28(13-9-27)31(38)34-24-26-10-14-29(40-2)15-11-26/h8-15,30,35,39H,3-7,16-25H2,1-2H3,(H,34,38)/t30-/m1/s1. The molecular formula is C33H48N4O5. The zero-order chi connectivity index (χ0) is 29.4. The largest absolute Gasteiger partial charge is 0.497 e. The molecule has 42 heavy (non-hydrogen) atoms. The zero-order valence-electron chi connectivity index (χ0n) is 25.3. The van der Waals surface area contributed by atoms with Crippen LogP contribution in [0.5, 0.6) is 5.75 Å². The van der Waals surface area contributed by atoms with Crippen LogP contribution < -0.4 is 15.5 Å². The van der Waals surface area contributed by atoms with Crippen molar-refractivity contribution in [3.63, 3.8) is 0 Å². The Kier molecular flexibility index (Phi) is 10.5. The summed E-state index contributed by atoms with van der Waals surface area (Å²) in [6.07, 6.45) is 8.99. The molecule has 1 aliphatic carbocycles. The van der Waals surface area contributed by atoms with Crippen LogP contribution >= 0.6 is 0 Å². The molecule has 2 aromatic rings. The smallest absolute Gasteiger partial charge is 0.251 e. The summed E-state index contributed by atoms with van der Waals surface area (Å²) < 4.78 is 5.19. The van der Waals surface area contributed by atoms with Crippen LogP contribution in [-0.2, 0) is 22.8 Å². The number of nitrogens with zero attached hydrogens (tertiary/aromatic N) is 2. The number of carbonyl (C=O) groups is 1. The Morgan fingerprint density at radius 2 is 1.71 bits per heavy atom. The first kappa shape index (κ1) is 30.9. The highest BCUT2D eigenvalue weighted by Crippen LogP contribution is 2.37. The zero-order valence-corrected chi connectivity index (χ0v) is 25.3. The van der Waals surface area contributed by atoms with E-state index in [2.05, 4.69) is 27.7 Å². The van der Waals surface area contributed by atoms with Crippen LogP contribution in [0.25, 0.3) is 0 Å². The van der Waals surface area contributed by atoms with E-state index in [1.54, 1.807) is 7.11 Å². The second-order valence-electron chi connectivity index (χ2n) is 12.2. The number of likely N-dealkylation sites (tertiary alicyclic amines) is 1. The Balaban J connectivity index is 1.10. The normalized spacial score (nSPS) is 22.6. The fourth-order valence-corrected chi connectivity index (χ4v) is 6.35. The maximum Gasteiger partial charge on any atom is 0.251 e. The van der Waals surface area contributed by atoms with E-state index in [0.29, 0.717) is 18.5 Å². The van der Waals surface area contributed by atoms with Crippen molar-refractivity contribution in [1.82, 2.24) is 20.8 Å². The molecule has 9 nitrogen and oxygen atoms in total. The van der Waals surface area contributed by atoms with E-state index < -0.39 is 11.3 Å². The highest BCUT2D eigenvalue weighted by atomic mass is 16.8. The van der Waals surface area contributed by atoms with E-state index in [1.165, 1.54) is 12.0 Å². The molecule has 1 amide bonds. The predicted octanol–water partition coefficient (Wildman–Crippen LogP) is 4.90. The van der Waals surface area contributed by atoms with Crippen LogP contribution in [0.2, 0.25) is 0 Å². The molecule has 3 aliphatic rings. The lowest BCUT2D eigenvalue weighted by Crippen LogP contribution is -2.66. The Morgan fingerprint density at radius 3 is 2.38 bits per heavy atom. The quantitative estimate of drug-likeness (QED) is 0.346. The fourth-order valence-electron chi connectivity index (χ4n) is 6.35. The van der Waals surface area contributed by atoms with Gasteiger partial charge in [-0.2, -0.15) is 10.5 Å². The number of amides is 1. The summed E-state index contributed by atoms with van der Waals surface area (Å²) in [6, 6.07) is 15.6. The minimum atomic E-state index is -0.670. The van der Waals surface area contributed by atoms with Crippen LogP contribution in [0.3, 0.4) is 0 Å². The SMILES string of the molecule is CCCCN1O[C@H](CC2(O)CCCCC2)NOC12CCN(Cc1ccc(C(=O)NCc3ccc(OC)cc3)cc1)CC2. The molecule has 1 saturated carbocycles. The van der Waals surface area contributed by atoms with Gasteiger partial charge in [-0.05, 0) is 54.7 Å². The van der Waals surface area contributed by atoms with E-state index in [4.69, 9.17) is 14.4 Å². The van der Waals surface area contributed by atoms with Crippen molar-refractivity contribution >= 4 is 5.91 Å². The number of aliphatic hydroxyl groups is 1. The van der Waals surface area contributed by atoms with Crippen LogP contribution in [0, 0.1) is 0 Å².